The molecule has 1 fully saturated rings. The molecular formula is C16H21IO3. The van der Waals surface area contributed by atoms with Gasteiger partial charge >= 0.3 is 5.97 Å². The zero-order valence-electron chi connectivity index (χ0n) is 12.1. The highest BCUT2D eigenvalue weighted by atomic mass is 127. The number of halogens is 1. The van der Waals surface area contributed by atoms with Gasteiger partial charge in [-0.3, -0.25) is 4.79 Å². The summed E-state index contributed by atoms with van der Waals surface area (Å²) < 4.78 is 11.4. The number of fused-ring (bicyclic) bond motifs is 2. The lowest BCUT2D eigenvalue weighted by molar-refractivity contribution is -0.162. The summed E-state index contributed by atoms with van der Waals surface area (Å²) in [6.07, 6.45) is 6.86. The summed E-state index contributed by atoms with van der Waals surface area (Å²) in [4.78, 5) is 12.5. The van der Waals surface area contributed by atoms with Crippen LogP contribution in [0.3, 0.4) is 0 Å². The quantitative estimate of drug-likeness (QED) is 0.439. The smallest absolute Gasteiger partial charge is 0.322 e. The molecule has 0 spiro atoms. The van der Waals surface area contributed by atoms with Gasteiger partial charge in [0, 0.05) is 18.4 Å². The Morgan fingerprint density at radius 2 is 2.15 bits per heavy atom. The van der Waals surface area contributed by atoms with Crippen molar-refractivity contribution in [3.8, 4) is 0 Å². The van der Waals surface area contributed by atoms with Gasteiger partial charge in [0.1, 0.15) is 20.5 Å². The highest BCUT2D eigenvalue weighted by Gasteiger charge is 2.46. The van der Waals surface area contributed by atoms with Crippen LogP contribution in [0.1, 0.15) is 63.0 Å². The molecule has 1 aromatic rings. The maximum absolute atomic E-state index is 12.5. The predicted molar refractivity (Wildman–Crippen MR) is 85.1 cm³/mol. The van der Waals surface area contributed by atoms with Crippen molar-refractivity contribution in [2.75, 3.05) is 0 Å². The van der Waals surface area contributed by atoms with E-state index in [1.54, 1.807) is 0 Å². The molecule has 0 aromatic carbocycles. The number of hydrogen-bond donors (Lipinski definition) is 0. The molecule has 1 saturated carbocycles. The second-order valence-electron chi connectivity index (χ2n) is 6.19. The summed E-state index contributed by atoms with van der Waals surface area (Å²) in [5.74, 6) is 2.00. The van der Waals surface area contributed by atoms with Crippen LogP contribution in [-0.2, 0) is 28.0 Å². The van der Waals surface area contributed by atoms with Crippen molar-refractivity contribution in [1.82, 2.24) is 0 Å². The minimum absolute atomic E-state index is 0.0863. The van der Waals surface area contributed by atoms with E-state index in [0.29, 0.717) is 0 Å². The van der Waals surface area contributed by atoms with Crippen LogP contribution in [-0.4, -0.2) is 9.39 Å². The predicted octanol–water partition coefficient (Wildman–Crippen LogP) is 4.29. The number of furan rings is 1. The van der Waals surface area contributed by atoms with E-state index in [1.807, 2.05) is 13.8 Å². The van der Waals surface area contributed by atoms with E-state index < -0.39 is 9.02 Å². The second kappa shape index (κ2) is 5.04. The van der Waals surface area contributed by atoms with Crippen LogP contribution in [0.2, 0.25) is 0 Å². The first kappa shape index (κ1) is 14.4. The largest absolute Gasteiger partial charge is 0.466 e. The third-order valence-corrected chi connectivity index (χ3v) is 5.94. The van der Waals surface area contributed by atoms with Crippen molar-refractivity contribution in [3.63, 3.8) is 0 Å². The molecular weight excluding hydrogens is 367 g/mol. The number of rotatable bonds is 4. The van der Waals surface area contributed by atoms with E-state index >= 15 is 0 Å². The molecule has 3 nitrogen and oxygen atoms in total. The normalized spacial score (nSPS) is 22.8. The number of esters is 1. The van der Waals surface area contributed by atoms with Crippen LogP contribution in [0, 0.1) is 0 Å². The Morgan fingerprint density at radius 3 is 2.65 bits per heavy atom. The standard InChI is InChI=1S/C16H21IO3/c1-3-15(2,17)14(18)20-16(8-4-5-9-16)12-10-11-6-7-13(12)19-11/h10H,3-9H2,1-2H3. The van der Waals surface area contributed by atoms with E-state index in [2.05, 4.69) is 28.7 Å². The minimum Gasteiger partial charge on any atom is -0.466 e. The van der Waals surface area contributed by atoms with E-state index in [0.717, 1.165) is 62.0 Å². The Hall–Kier alpha value is -0.520. The lowest BCUT2D eigenvalue weighted by Gasteiger charge is -2.32. The summed E-state index contributed by atoms with van der Waals surface area (Å²) in [5.41, 5.74) is 0.726. The van der Waals surface area contributed by atoms with Gasteiger partial charge in [-0.05, 0) is 45.1 Å². The fourth-order valence-electron chi connectivity index (χ4n) is 3.22. The van der Waals surface area contributed by atoms with Gasteiger partial charge in [0.25, 0.3) is 0 Å². The molecule has 1 aliphatic heterocycles. The fourth-order valence-corrected chi connectivity index (χ4v) is 3.33. The lowest BCUT2D eigenvalue weighted by atomic mass is 9.88. The van der Waals surface area contributed by atoms with Crippen LogP contribution in [0.25, 0.3) is 0 Å². The van der Waals surface area contributed by atoms with Crippen LogP contribution in [0.5, 0.6) is 0 Å². The minimum atomic E-state index is -0.440. The zero-order valence-corrected chi connectivity index (χ0v) is 14.3. The lowest BCUT2D eigenvalue weighted by Crippen LogP contribution is -2.38. The topological polar surface area (TPSA) is 39.4 Å². The Bertz CT molecular complexity index is 524. The monoisotopic (exact) mass is 388 g/mol. The van der Waals surface area contributed by atoms with Crippen molar-refractivity contribution in [2.24, 2.45) is 0 Å². The van der Waals surface area contributed by atoms with Crippen molar-refractivity contribution >= 4 is 28.6 Å². The molecule has 0 radical (unpaired) electrons. The number of ether oxygens (including phenoxy) is 1. The molecule has 0 saturated heterocycles. The first-order chi connectivity index (χ1) is 9.47. The number of alkyl halides is 1. The number of carbonyl (C=O) groups is 1. The molecule has 3 rings (SSSR count). The fraction of sp³-hybridized carbons (Fsp3) is 0.688. The summed E-state index contributed by atoms with van der Waals surface area (Å²) in [7, 11) is 0. The molecule has 1 atom stereocenters. The van der Waals surface area contributed by atoms with Crippen LogP contribution in [0.15, 0.2) is 10.5 Å². The third kappa shape index (κ3) is 2.30. The highest BCUT2D eigenvalue weighted by Crippen LogP contribution is 2.47. The van der Waals surface area contributed by atoms with Gasteiger partial charge in [0.15, 0.2) is 0 Å². The number of carbonyl (C=O) groups excluding carboxylic acids is 1. The molecule has 0 amide bonds. The molecule has 2 aliphatic rings. The first-order valence-electron chi connectivity index (χ1n) is 7.51. The van der Waals surface area contributed by atoms with Gasteiger partial charge in [-0.1, -0.05) is 29.5 Å². The molecule has 1 aliphatic carbocycles. The van der Waals surface area contributed by atoms with Crippen LogP contribution < -0.4 is 0 Å². The molecule has 1 unspecified atom stereocenters. The van der Waals surface area contributed by atoms with E-state index in [9.17, 15) is 4.79 Å². The van der Waals surface area contributed by atoms with E-state index in [4.69, 9.17) is 9.15 Å². The Balaban J connectivity index is 1.89. The maximum Gasteiger partial charge on any atom is 0.322 e. The maximum atomic E-state index is 12.5. The second-order valence-corrected chi connectivity index (χ2v) is 8.57. The van der Waals surface area contributed by atoms with Gasteiger partial charge in [0.2, 0.25) is 0 Å². The molecule has 0 N–H and O–H groups in total. The molecule has 2 heterocycles. The third-order valence-electron chi connectivity index (χ3n) is 4.74. The Kier molecular flexibility index (Phi) is 3.63. The van der Waals surface area contributed by atoms with Crippen molar-refractivity contribution in [3.05, 3.63) is 23.2 Å². The number of hydrogen-bond acceptors (Lipinski definition) is 3. The average molecular weight is 388 g/mol. The molecule has 4 heteroatoms. The van der Waals surface area contributed by atoms with E-state index in [-0.39, 0.29) is 5.97 Å². The van der Waals surface area contributed by atoms with E-state index in [1.165, 1.54) is 0 Å². The van der Waals surface area contributed by atoms with Gasteiger partial charge in [0.05, 0.1) is 0 Å². The summed E-state index contributed by atoms with van der Waals surface area (Å²) >= 11 is 2.21. The van der Waals surface area contributed by atoms with Gasteiger partial charge in [-0.25, -0.2) is 0 Å². The van der Waals surface area contributed by atoms with Crippen molar-refractivity contribution in [2.45, 2.75) is 67.8 Å². The highest BCUT2D eigenvalue weighted by molar-refractivity contribution is 14.1. The Morgan fingerprint density at radius 1 is 1.45 bits per heavy atom. The first-order valence-corrected chi connectivity index (χ1v) is 8.59. The number of aryl methyl sites for hydroxylation is 2. The van der Waals surface area contributed by atoms with Gasteiger partial charge < -0.3 is 9.15 Å². The molecule has 1 aromatic heterocycles. The Labute approximate surface area is 133 Å². The summed E-state index contributed by atoms with van der Waals surface area (Å²) in [6, 6.07) is 2.12. The van der Waals surface area contributed by atoms with Gasteiger partial charge in [-0.15, -0.1) is 0 Å². The average Bonchev–Trinajstić information content (AvgIpc) is 3.14. The molecule has 110 valence electrons. The van der Waals surface area contributed by atoms with Crippen molar-refractivity contribution in [1.29, 1.82) is 0 Å². The van der Waals surface area contributed by atoms with Crippen LogP contribution in [0.4, 0.5) is 0 Å². The summed E-state index contributed by atoms with van der Waals surface area (Å²) in [5, 5.41) is 0. The molecule has 2 bridgehead atoms. The van der Waals surface area contributed by atoms with Gasteiger partial charge in [-0.2, -0.15) is 0 Å². The SMILES string of the molecule is CCC(C)(I)C(=O)OC1(c2cc3oc2CC3)CCCC1. The van der Waals surface area contributed by atoms with Crippen molar-refractivity contribution < 1.29 is 13.9 Å². The summed E-state index contributed by atoms with van der Waals surface area (Å²) in [6.45, 7) is 3.98. The van der Waals surface area contributed by atoms with Crippen LogP contribution >= 0.6 is 22.6 Å². The zero-order chi connectivity index (χ0) is 14.4. The molecule has 20 heavy (non-hydrogen) atoms.